The minimum atomic E-state index is 0.0479. The molecule has 5 heteroatoms. The van der Waals surface area contributed by atoms with Crippen molar-refractivity contribution < 1.29 is 4.79 Å². The minimum absolute atomic E-state index is 0.0479. The van der Waals surface area contributed by atoms with Crippen LogP contribution in [0.4, 0.5) is 5.69 Å². The summed E-state index contributed by atoms with van der Waals surface area (Å²) in [5, 5.41) is 8.84. The zero-order valence-corrected chi connectivity index (χ0v) is 12.7. The Balaban J connectivity index is 1.82. The van der Waals surface area contributed by atoms with Gasteiger partial charge in [0.15, 0.2) is 0 Å². The molecule has 1 aromatic heterocycles. The van der Waals surface area contributed by atoms with Crippen LogP contribution in [-0.4, -0.2) is 24.0 Å². The molecule has 4 nitrogen and oxygen atoms in total. The number of halogens is 1. The van der Waals surface area contributed by atoms with Crippen molar-refractivity contribution in [3.63, 3.8) is 0 Å². The maximum atomic E-state index is 11.9. The highest BCUT2D eigenvalue weighted by Gasteiger charge is 2.32. The Bertz CT molecular complexity index is 674. The quantitative estimate of drug-likeness (QED) is 0.856. The Labute approximate surface area is 128 Å². The number of aromatic nitrogens is 1. The van der Waals surface area contributed by atoms with Crippen molar-refractivity contribution in [1.29, 1.82) is 0 Å². The van der Waals surface area contributed by atoms with Crippen molar-refractivity contribution in [1.82, 2.24) is 10.3 Å². The summed E-state index contributed by atoms with van der Waals surface area (Å²) in [6, 6.07) is 8.15. The summed E-state index contributed by atoms with van der Waals surface area (Å²) in [7, 11) is 1.70. The van der Waals surface area contributed by atoms with Crippen LogP contribution in [0.2, 0.25) is 5.15 Å². The van der Waals surface area contributed by atoms with Gasteiger partial charge < -0.3 is 10.6 Å². The summed E-state index contributed by atoms with van der Waals surface area (Å²) in [5.41, 5.74) is 1.02. The highest BCUT2D eigenvalue weighted by molar-refractivity contribution is 6.30. The van der Waals surface area contributed by atoms with Crippen molar-refractivity contribution in [2.45, 2.75) is 25.3 Å². The Morgan fingerprint density at radius 1 is 1.29 bits per heavy atom. The lowest BCUT2D eigenvalue weighted by Crippen LogP contribution is -2.36. The number of rotatable bonds is 3. The second kappa shape index (κ2) is 5.90. The van der Waals surface area contributed by atoms with Crippen LogP contribution in [0, 0.1) is 5.92 Å². The van der Waals surface area contributed by atoms with E-state index in [2.05, 4.69) is 21.7 Å². The van der Waals surface area contributed by atoms with E-state index in [1.54, 1.807) is 13.2 Å². The summed E-state index contributed by atoms with van der Waals surface area (Å²) in [6.07, 6.45) is 4.82. The number of benzene rings is 1. The number of carbonyl (C=O) groups excluding carboxylic acids is 1. The molecule has 0 saturated heterocycles. The molecule has 0 radical (unpaired) electrons. The first-order chi connectivity index (χ1) is 10.2. The Morgan fingerprint density at radius 2 is 2.14 bits per heavy atom. The number of anilines is 1. The van der Waals surface area contributed by atoms with E-state index in [4.69, 9.17) is 11.6 Å². The number of pyridine rings is 1. The third-order valence-electron chi connectivity index (χ3n) is 4.14. The van der Waals surface area contributed by atoms with Crippen LogP contribution < -0.4 is 10.6 Å². The number of hydrogen-bond donors (Lipinski definition) is 2. The van der Waals surface area contributed by atoms with E-state index in [9.17, 15) is 4.79 Å². The van der Waals surface area contributed by atoms with Gasteiger partial charge in [-0.25, -0.2) is 4.98 Å². The first kappa shape index (κ1) is 14.1. The highest BCUT2D eigenvalue weighted by atomic mass is 35.5. The van der Waals surface area contributed by atoms with Gasteiger partial charge in [-0.05, 0) is 36.4 Å². The minimum Gasteiger partial charge on any atom is -0.381 e. The lowest BCUT2D eigenvalue weighted by Gasteiger charge is -2.21. The molecule has 2 aromatic rings. The molecule has 1 aliphatic rings. The predicted molar refractivity (Wildman–Crippen MR) is 85.6 cm³/mol. The summed E-state index contributed by atoms with van der Waals surface area (Å²) < 4.78 is 0. The normalized spacial score (nSPS) is 21.4. The van der Waals surface area contributed by atoms with E-state index in [0.29, 0.717) is 5.15 Å². The van der Waals surface area contributed by atoms with Gasteiger partial charge in [0.05, 0.1) is 5.92 Å². The van der Waals surface area contributed by atoms with Crippen molar-refractivity contribution in [3.05, 3.63) is 35.6 Å². The molecule has 0 aliphatic heterocycles. The van der Waals surface area contributed by atoms with Crippen LogP contribution in [0.15, 0.2) is 30.5 Å². The smallest absolute Gasteiger partial charge is 0.224 e. The summed E-state index contributed by atoms with van der Waals surface area (Å²) in [4.78, 5) is 16.0. The lowest BCUT2D eigenvalue weighted by molar-refractivity contribution is -0.124. The zero-order valence-electron chi connectivity index (χ0n) is 11.9. The third-order valence-corrected chi connectivity index (χ3v) is 4.35. The molecule has 110 valence electrons. The lowest BCUT2D eigenvalue weighted by atomic mass is 10.0. The molecule has 1 heterocycles. The van der Waals surface area contributed by atoms with Gasteiger partial charge in [-0.2, -0.15) is 0 Å². The van der Waals surface area contributed by atoms with E-state index in [1.807, 2.05) is 18.2 Å². The molecule has 1 aromatic carbocycles. The maximum absolute atomic E-state index is 11.9. The fourth-order valence-corrected chi connectivity index (χ4v) is 3.22. The summed E-state index contributed by atoms with van der Waals surface area (Å²) in [5.74, 6) is 0.171. The average molecular weight is 304 g/mol. The van der Waals surface area contributed by atoms with Crippen molar-refractivity contribution in [2.24, 2.45) is 5.92 Å². The molecular formula is C16H18ClN3O. The molecule has 3 rings (SSSR count). The molecule has 21 heavy (non-hydrogen) atoms. The predicted octanol–water partition coefficient (Wildman–Crippen LogP) is 3.21. The number of nitrogens with zero attached hydrogens (tertiary/aromatic N) is 1. The van der Waals surface area contributed by atoms with Crippen LogP contribution in [-0.2, 0) is 4.79 Å². The van der Waals surface area contributed by atoms with Crippen LogP contribution in [0.3, 0.4) is 0 Å². The molecule has 1 aliphatic carbocycles. The Kier molecular flexibility index (Phi) is 3.97. The second-order valence-electron chi connectivity index (χ2n) is 5.47. The maximum Gasteiger partial charge on any atom is 0.224 e. The van der Waals surface area contributed by atoms with Gasteiger partial charge in [0.1, 0.15) is 5.15 Å². The number of amides is 1. The number of fused-ring (bicyclic) bond motifs is 1. The van der Waals surface area contributed by atoms with Gasteiger partial charge >= 0.3 is 0 Å². The first-order valence-corrected chi connectivity index (χ1v) is 7.58. The fraction of sp³-hybridized carbons (Fsp3) is 0.375. The van der Waals surface area contributed by atoms with E-state index < -0.39 is 0 Å². The molecular weight excluding hydrogens is 286 g/mol. The number of nitrogens with one attached hydrogen (secondary N) is 2. The summed E-state index contributed by atoms with van der Waals surface area (Å²) in [6.45, 7) is 0. The molecule has 2 N–H and O–H groups in total. The summed E-state index contributed by atoms with van der Waals surface area (Å²) >= 11 is 5.94. The number of carbonyl (C=O) groups is 1. The molecule has 1 amide bonds. The van der Waals surface area contributed by atoms with Gasteiger partial charge in [-0.1, -0.05) is 24.1 Å². The zero-order chi connectivity index (χ0) is 14.8. The van der Waals surface area contributed by atoms with Gasteiger partial charge in [0, 0.05) is 30.4 Å². The van der Waals surface area contributed by atoms with Crippen LogP contribution in [0.1, 0.15) is 19.3 Å². The van der Waals surface area contributed by atoms with Crippen molar-refractivity contribution in [3.8, 4) is 0 Å². The Morgan fingerprint density at radius 3 is 2.95 bits per heavy atom. The molecule has 1 fully saturated rings. The monoisotopic (exact) mass is 303 g/mol. The Hall–Kier alpha value is -1.81. The topological polar surface area (TPSA) is 54.0 Å². The van der Waals surface area contributed by atoms with Crippen LogP contribution in [0.5, 0.6) is 0 Å². The van der Waals surface area contributed by atoms with Crippen molar-refractivity contribution in [2.75, 3.05) is 12.4 Å². The SMILES string of the molecule is CNC(=O)C1CCCC1Nc1ccc2cnc(Cl)cc2c1. The van der Waals surface area contributed by atoms with E-state index in [-0.39, 0.29) is 17.9 Å². The average Bonchev–Trinajstić information content (AvgIpc) is 2.94. The second-order valence-corrected chi connectivity index (χ2v) is 5.86. The van der Waals surface area contributed by atoms with E-state index in [0.717, 1.165) is 35.7 Å². The first-order valence-electron chi connectivity index (χ1n) is 7.21. The van der Waals surface area contributed by atoms with Crippen LogP contribution in [0.25, 0.3) is 10.8 Å². The molecule has 2 atom stereocenters. The molecule has 0 spiro atoms. The van der Waals surface area contributed by atoms with Gasteiger partial charge in [0.25, 0.3) is 0 Å². The van der Waals surface area contributed by atoms with E-state index in [1.165, 1.54) is 0 Å². The van der Waals surface area contributed by atoms with Crippen molar-refractivity contribution >= 4 is 34.0 Å². The van der Waals surface area contributed by atoms with Gasteiger partial charge in [-0.3, -0.25) is 4.79 Å². The third kappa shape index (κ3) is 2.95. The molecule has 2 unspecified atom stereocenters. The number of hydrogen-bond acceptors (Lipinski definition) is 3. The molecule has 1 saturated carbocycles. The highest BCUT2D eigenvalue weighted by Crippen LogP contribution is 2.30. The standard InChI is InChI=1S/C16H18ClN3O/c1-18-16(21)13-3-2-4-14(13)20-12-6-5-10-9-19-15(17)8-11(10)7-12/h5-9,13-14,20H,2-4H2,1H3,(H,18,21). The largest absolute Gasteiger partial charge is 0.381 e. The van der Waals surface area contributed by atoms with E-state index >= 15 is 0 Å². The van der Waals surface area contributed by atoms with Gasteiger partial charge in [-0.15, -0.1) is 0 Å². The fourth-order valence-electron chi connectivity index (χ4n) is 3.05. The van der Waals surface area contributed by atoms with Gasteiger partial charge in [0.2, 0.25) is 5.91 Å². The molecule has 0 bridgehead atoms. The van der Waals surface area contributed by atoms with Crippen LogP contribution >= 0.6 is 11.6 Å².